The van der Waals surface area contributed by atoms with E-state index in [0.717, 1.165) is 0 Å². The summed E-state index contributed by atoms with van der Waals surface area (Å²) >= 11 is 0. The fourth-order valence-electron chi connectivity index (χ4n) is 2.00. The summed E-state index contributed by atoms with van der Waals surface area (Å²) in [6.07, 6.45) is 0. The minimum Gasteiger partial charge on any atom is -0.494 e. The first-order chi connectivity index (χ1) is 9.52. The molecule has 2 nitrogen and oxygen atoms in total. The minimum atomic E-state index is -0.640. The van der Waals surface area contributed by atoms with Gasteiger partial charge in [-0.2, -0.15) is 0 Å². The second-order valence-corrected chi connectivity index (χ2v) is 4.35. The molecule has 0 saturated carbocycles. The van der Waals surface area contributed by atoms with Crippen LogP contribution in [0.4, 0.5) is 18.9 Å². The molecule has 0 fully saturated rings. The minimum absolute atomic E-state index is 0.0799. The van der Waals surface area contributed by atoms with Gasteiger partial charge in [0.2, 0.25) is 0 Å². The number of benzene rings is 2. The van der Waals surface area contributed by atoms with Crippen molar-refractivity contribution in [2.45, 2.75) is 13.0 Å². The molecule has 20 heavy (non-hydrogen) atoms. The van der Waals surface area contributed by atoms with Crippen molar-refractivity contribution in [3.05, 3.63) is 59.4 Å². The van der Waals surface area contributed by atoms with Gasteiger partial charge in [0.25, 0.3) is 0 Å². The summed E-state index contributed by atoms with van der Waals surface area (Å²) in [5, 5.41) is 2.86. The quantitative estimate of drug-likeness (QED) is 0.902. The zero-order valence-electron chi connectivity index (χ0n) is 11.1. The van der Waals surface area contributed by atoms with Crippen molar-refractivity contribution in [2.75, 3.05) is 12.4 Å². The molecule has 2 aromatic carbocycles. The van der Waals surface area contributed by atoms with E-state index < -0.39 is 23.5 Å². The molecule has 0 bridgehead atoms. The smallest absolute Gasteiger partial charge is 0.167 e. The maximum Gasteiger partial charge on any atom is 0.167 e. The predicted molar refractivity (Wildman–Crippen MR) is 71.3 cm³/mol. The van der Waals surface area contributed by atoms with Crippen LogP contribution in [0.5, 0.6) is 5.75 Å². The van der Waals surface area contributed by atoms with Gasteiger partial charge in [-0.05, 0) is 31.2 Å². The van der Waals surface area contributed by atoms with Gasteiger partial charge in [0.1, 0.15) is 11.6 Å². The number of ether oxygens (including phenoxy) is 1. The first kappa shape index (κ1) is 14.2. The predicted octanol–water partition coefficient (Wildman–Crippen LogP) is 4.29. The zero-order valence-corrected chi connectivity index (χ0v) is 11.1. The van der Waals surface area contributed by atoms with Crippen LogP contribution in [0.2, 0.25) is 0 Å². The molecule has 0 saturated heterocycles. The summed E-state index contributed by atoms with van der Waals surface area (Å²) in [6, 6.07) is 7.28. The highest BCUT2D eigenvalue weighted by Crippen LogP contribution is 2.26. The molecule has 1 atom stereocenters. The van der Waals surface area contributed by atoms with Gasteiger partial charge in [-0.25, -0.2) is 13.2 Å². The van der Waals surface area contributed by atoms with Gasteiger partial charge < -0.3 is 10.1 Å². The van der Waals surface area contributed by atoms with E-state index in [-0.39, 0.29) is 11.3 Å². The summed E-state index contributed by atoms with van der Waals surface area (Å²) in [4.78, 5) is 0. The van der Waals surface area contributed by atoms with Gasteiger partial charge in [-0.3, -0.25) is 0 Å². The third kappa shape index (κ3) is 2.87. The van der Waals surface area contributed by atoms with E-state index in [2.05, 4.69) is 5.32 Å². The Hall–Kier alpha value is -2.17. The van der Waals surface area contributed by atoms with Crippen LogP contribution in [0, 0.1) is 17.5 Å². The summed E-state index contributed by atoms with van der Waals surface area (Å²) < 4.78 is 45.6. The number of anilines is 1. The van der Waals surface area contributed by atoms with Crippen LogP contribution < -0.4 is 10.1 Å². The average Bonchev–Trinajstić information content (AvgIpc) is 2.38. The Balaban J connectivity index is 2.23. The molecule has 0 radical (unpaired) electrons. The van der Waals surface area contributed by atoms with Gasteiger partial charge in [0, 0.05) is 17.3 Å². The summed E-state index contributed by atoms with van der Waals surface area (Å²) in [7, 11) is 1.36. The number of hydrogen-bond acceptors (Lipinski definition) is 2. The molecular formula is C15H14F3NO. The van der Waals surface area contributed by atoms with Crippen LogP contribution in [0.25, 0.3) is 0 Å². The van der Waals surface area contributed by atoms with Gasteiger partial charge in [0.05, 0.1) is 13.2 Å². The Morgan fingerprint density at radius 1 is 1.00 bits per heavy atom. The molecule has 0 amide bonds. The van der Waals surface area contributed by atoms with E-state index in [9.17, 15) is 13.2 Å². The van der Waals surface area contributed by atoms with Crippen molar-refractivity contribution in [3.8, 4) is 5.75 Å². The second kappa shape index (κ2) is 5.86. The maximum absolute atomic E-state index is 13.6. The zero-order chi connectivity index (χ0) is 14.7. The standard InChI is InChI=1S/C15H14F3NO/c1-9(15-11(16)4-3-5-12(15)17)19-10-6-7-14(20-2)13(18)8-10/h3-9,19H,1-2H3. The lowest BCUT2D eigenvalue weighted by Gasteiger charge is -2.17. The van der Waals surface area contributed by atoms with Crippen LogP contribution in [-0.2, 0) is 0 Å². The first-order valence-corrected chi connectivity index (χ1v) is 6.07. The normalized spacial score (nSPS) is 12.1. The molecule has 0 aliphatic rings. The van der Waals surface area contributed by atoms with E-state index in [1.54, 1.807) is 13.0 Å². The average molecular weight is 281 g/mol. The summed E-state index contributed by atoms with van der Waals surface area (Å²) in [6.45, 7) is 1.60. The molecule has 2 rings (SSSR count). The topological polar surface area (TPSA) is 21.3 Å². The summed E-state index contributed by atoms with van der Waals surface area (Å²) in [5.41, 5.74) is 0.335. The molecular weight excluding hydrogens is 267 g/mol. The lowest BCUT2D eigenvalue weighted by Crippen LogP contribution is -2.11. The van der Waals surface area contributed by atoms with E-state index in [0.29, 0.717) is 5.69 Å². The highest BCUT2D eigenvalue weighted by Gasteiger charge is 2.16. The summed E-state index contributed by atoms with van der Waals surface area (Å²) in [5.74, 6) is -1.71. The van der Waals surface area contributed by atoms with E-state index in [1.165, 1.54) is 37.4 Å². The number of nitrogens with one attached hydrogen (secondary N) is 1. The molecule has 0 spiro atoms. The Kier molecular flexibility index (Phi) is 4.17. The molecule has 0 aliphatic carbocycles. The second-order valence-electron chi connectivity index (χ2n) is 4.35. The lowest BCUT2D eigenvalue weighted by atomic mass is 10.1. The fourth-order valence-corrected chi connectivity index (χ4v) is 2.00. The monoisotopic (exact) mass is 281 g/mol. The van der Waals surface area contributed by atoms with Crippen LogP contribution >= 0.6 is 0 Å². The van der Waals surface area contributed by atoms with Gasteiger partial charge in [0.15, 0.2) is 11.6 Å². The van der Waals surface area contributed by atoms with E-state index >= 15 is 0 Å². The molecule has 0 aromatic heterocycles. The number of hydrogen-bond donors (Lipinski definition) is 1. The van der Waals surface area contributed by atoms with Gasteiger partial charge in [-0.1, -0.05) is 6.07 Å². The van der Waals surface area contributed by atoms with Crippen molar-refractivity contribution >= 4 is 5.69 Å². The largest absolute Gasteiger partial charge is 0.494 e. The molecule has 1 unspecified atom stereocenters. The van der Waals surface area contributed by atoms with Crippen LogP contribution in [0.1, 0.15) is 18.5 Å². The number of rotatable bonds is 4. The van der Waals surface area contributed by atoms with Crippen LogP contribution in [-0.4, -0.2) is 7.11 Å². The van der Waals surface area contributed by atoms with E-state index in [1.807, 2.05) is 0 Å². The molecule has 2 aromatic rings. The van der Waals surface area contributed by atoms with Crippen molar-refractivity contribution in [1.29, 1.82) is 0 Å². The van der Waals surface area contributed by atoms with Crippen molar-refractivity contribution < 1.29 is 17.9 Å². The molecule has 0 heterocycles. The fraction of sp³-hybridized carbons (Fsp3) is 0.200. The lowest BCUT2D eigenvalue weighted by molar-refractivity contribution is 0.386. The number of halogens is 3. The SMILES string of the molecule is COc1ccc(NC(C)c2c(F)cccc2F)cc1F. The van der Waals surface area contributed by atoms with Crippen LogP contribution in [0.3, 0.4) is 0 Å². The Morgan fingerprint density at radius 3 is 2.20 bits per heavy atom. The highest BCUT2D eigenvalue weighted by molar-refractivity contribution is 5.49. The Morgan fingerprint density at radius 2 is 1.65 bits per heavy atom. The van der Waals surface area contributed by atoms with Crippen molar-refractivity contribution in [2.24, 2.45) is 0 Å². The highest BCUT2D eigenvalue weighted by atomic mass is 19.1. The third-order valence-electron chi connectivity index (χ3n) is 2.97. The Bertz CT molecular complexity index is 596. The molecule has 1 N–H and O–H groups in total. The van der Waals surface area contributed by atoms with E-state index in [4.69, 9.17) is 4.74 Å². The molecule has 0 aliphatic heterocycles. The van der Waals surface area contributed by atoms with Gasteiger partial charge in [-0.15, -0.1) is 0 Å². The third-order valence-corrected chi connectivity index (χ3v) is 2.97. The van der Waals surface area contributed by atoms with Crippen molar-refractivity contribution in [1.82, 2.24) is 0 Å². The van der Waals surface area contributed by atoms with Crippen molar-refractivity contribution in [3.63, 3.8) is 0 Å². The van der Waals surface area contributed by atoms with Gasteiger partial charge >= 0.3 is 0 Å². The Labute approximate surface area is 115 Å². The van der Waals surface area contributed by atoms with Crippen LogP contribution in [0.15, 0.2) is 36.4 Å². The first-order valence-electron chi connectivity index (χ1n) is 6.07. The maximum atomic E-state index is 13.6. The number of methoxy groups -OCH3 is 1. The molecule has 5 heteroatoms. The molecule has 106 valence electrons.